The van der Waals surface area contributed by atoms with Crippen molar-refractivity contribution in [2.75, 3.05) is 13.7 Å². The summed E-state index contributed by atoms with van der Waals surface area (Å²) in [6.45, 7) is 3.93. The molecular formula is C17H22N2O3S. The Labute approximate surface area is 137 Å². The normalized spacial score (nSPS) is 11.4. The number of nitrogens with zero attached hydrogens (tertiary/aromatic N) is 1. The fraction of sp³-hybridized carbons (Fsp3) is 0.353. The van der Waals surface area contributed by atoms with Crippen LogP contribution in [0.1, 0.15) is 23.2 Å². The Kier molecular flexibility index (Phi) is 5.74. The van der Waals surface area contributed by atoms with Crippen LogP contribution in [0.25, 0.3) is 0 Å². The monoisotopic (exact) mass is 334 g/mol. The van der Waals surface area contributed by atoms with Gasteiger partial charge in [0.05, 0.1) is 12.0 Å². The molecule has 0 amide bonds. The van der Waals surface area contributed by atoms with Gasteiger partial charge in [0.25, 0.3) is 0 Å². The van der Waals surface area contributed by atoms with Crippen molar-refractivity contribution in [3.8, 4) is 5.75 Å². The summed E-state index contributed by atoms with van der Waals surface area (Å²) in [7, 11) is -1.96. The van der Waals surface area contributed by atoms with E-state index in [2.05, 4.69) is 9.71 Å². The minimum Gasteiger partial charge on any atom is -0.497 e. The minimum atomic E-state index is -3.53. The van der Waals surface area contributed by atoms with E-state index in [1.54, 1.807) is 39.3 Å². The number of nitrogens with one attached hydrogen (secondary N) is 1. The molecule has 0 aliphatic rings. The van der Waals surface area contributed by atoms with Crippen LogP contribution in [0.4, 0.5) is 0 Å². The van der Waals surface area contributed by atoms with Gasteiger partial charge in [-0.1, -0.05) is 6.07 Å². The summed E-state index contributed by atoms with van der Waals surface area (Å²) >= 11 is 0. The standard InChI is InChI=1S/C17H22N2O3S/c1-13-11-16(22-3)12-14(2)17(13)23(20,21)19-10-6-8-15-7-4-5-9-18-15/h4-5,7,9,11-12,19H,6,8,10H2,1-3H3. The van der Waals surface area contributed by atoms with Gasteiger partial charge in [-0.3, -0.25) is 4.98 Å². The van der Waals surface area contributed by atoms with E-state index in [9.17, 15) is 8.42 Å². The Hall–Kier alpha value is -1.92. The quantitative estimate of drug-likeness (QED) is 0.790. The molecule has 1 aromatic carbocycles. The summed E-state index contributed by atoms with van der Waals surface area (Å²) in [6.07, 6.45) is 3.18. The zero-order valence-corrected chi connectivity index (χ0v) is 14.5. The SMILES string of the molecule is COc1cc(C)c(S(=O)(=O)NCCCc2ccccn2)c(C)c1. The van der Waals surface area contributed by atoms with Crippen LogP contribution in [0.3, 0.4) is 0 Å². The predicted molar refractivity (Wildman–Crippen MR) is 90.2 cm³/mol. The van der Waals surface area contributed by atoms with E-state index in [0.29, 0.717) is 34.7 Å². The van der Waals surface area contributed by atoms with Crippen LogP contribution in [0, 0.1) is 13.8 Å². The molecule has 0 atom stereocenters. The molecule has 1 N–H and O–H groups in total. The Morgan fingerprint density at radius 3 is 2.43 bits per heavy atom. The number of rotatable bonds is 7. The van der Waals surface area contributed by atoms with Crippen LogP contribution in [-0.2, 0) is 16.4 Å². The summed E-state index contributed by atoms with van der Waals surface area (Å²) in [4.78, 5) is 4.56. The van der Waals surface area contributed by atoms with E-state index in [4.69, 9.17) is 4.74 Å². The van der Waals surface area contributed by atoms with Crippen molar-refractivity contribution in [3.05, 3.63) is 53.3 Å². The van der Waals surface area contributed by atoms with E-state index >= 15 is 0 Å². The summed E-state index contributed by atoms with van der Waals surface area (Å²) in [5.74, 6) is 0.661. The summed E-state index contributed by atoms with van der Waals surface area (Å²) < 4.78 is 32.9. The molecule has 0 aliphatic heterocycles. The van der Waals surface area contributed by atoms with Crippen molar-refractivity contribution in [1.29, 1.82) is 0 Å². The van der Waals surface area contributed by atoms with Crippen LogP contribution < -0.4 is 9.46 Å². The Morgan fingerprint density at radius 1 is 1.17 bits per heavy atom. The number of pyridine rings is 1. The lowest BCUT2D eigenvalue weighted by molar-refractivity contribution is 0.413. The van der Waals surface area contributed by atoms with Gasteiger partial charge in [0.1, 0.15) is 5.75 Å². The van der Waals surface area contributed by atoms with E-state index in [-0.39, 0.29) is 0 Å². The highest BCUT2D eigenvalue weighted by Gasteiger charge is 2.19. The molecule has 0 bridgehead atoms. The number of hydrogen-bond acceptors (Lipinski definition) is 4. The van der Waals surface area contributed by atoms with Crippen LogP contribution >= 0.6 is 0 Å². The molecule has 2 rings (SSSR count). The number of aryl methyl sites for hydroxylation is 3. The number of ether oxygens (including phenoxy) is 1. The zero-order chi connectivity index (χ0) is 16.9. The molecule has 5 nitrogen and oxygen atoms in total. The molecule has 1 heterocycles. The first-order valence-electron chi connectivity index (χ1n) is 7.49. The number of hydrogen-bond donors (Lipinski definition) is 1. The Morgan fingerprint density at radius 2 is 1.87 bits per heavy atom. The van der Waals surface area contributed by atoms with Gasteiger partial charge in [-0.25, -0.2) is 13.1 Å². The summed E-state index contributed by atoms with van der Waals surface area (Å²) in [6, 6.07) is 9.19. The fourth-order valence-corrected chi connectivity index (χ4v) is 4.07. The minimum absolute atomic E-state index is 0.330. The molecule has 0 unspecified atom stereocenters. The van der Waals surface area contributed by atoms with Crippen molar-refractivity contribution < 1.29 is 13.2 Å². The topological polar surface area (TPSA) is 68.3 Å². The average molecular weight is 334 g/mol. The molecule has 0 spiro atoms. The maximum absolute atomic E-state index is 12.5. The molecule has 0 saturated carbocycles. The van der Waals surface area contributed by atoms with Gasteiger partial charge in [-0.05, 0) is 62.1 Å². The molecule has 0 radical (unpaired) electrons. The van der Waals surface area contributed by atoms with Gasteiger partial charge in [0, 0.05) is 18.4 Å². The van der Waals surface area contributed by atoms with Gasteiger partial charge < -0.3 is 4.74 Å². The number of aromatic nitrogens is 1. The highest BCUT2D eigenvalue weighted by Crippen LogP contribution is 2.25. The van der Waals surface area contributed by atoms with E-state index in [1.165, 1.54) is 0 Å². The smallest absolute Gasteiger partial charge is 0.241 e. The van der Waals surface area contributed by atoms with Crippen LogP contribution in [0.5, 0.6) is 5.75 Å². The van der Waals surface area contributed by atoms with Crippen LogP contribution in [0.2, 0.25) is 0 Å². The number of methoxy groups -OCH3 is 1. The largest absolute Gasteiger partial charge is 0.497 e. The predicted octanol–water partition coefficient (Wildman–Crippen LogP) is 2.62. The number of benzene rings is 1. The van der Waals surface area contributed by atoms with E-state index in [1.807, 2.05) is 18.2 Å². The molecular weight excluding hydrogens is 312 g/mol. The lowest BCUT2D eigenvalue weighted by Crippen LogP contribution is -2.26. The first-order valence-corrected chi connectivity index (χ1v) is 8.97. The second-order valence-electron chi connectivity index (χ2n) is 5.41. The van der Waals surface area contributed by atoms with E-state index < -0.39 is 10.0 Å². The first-order chi connectivity index (χ1) is 10.9. The molecule has 1 aromatic heterocycles. The van der Waals surface area contributed by atoms with Crippen molar-refractivity contribution in [2.24, 2.45) is 0 Å². The average Bonchev–Trinajstić information content (AvgIpc) is 2.51. The van der Waals surface area contributed by atoms with Crippen molar-refractivity contribution in [1.82, 2.24) is 9.71 Å². The maximum Gasteiger partial charge on any atom is 0.241 e. The number of sulfonamides is 1. The molecule has 23 heavy (non-hydrogen) atoms. The maximum atomic E-state index is 12.5. The van der Waals surface area contributed by atoms with Gasteiger partial charge >= 0.3 is 0 Å². The van der Waals surface area contributed by atoms with Gasteiger partial charge in [0.15, 0.2) is 0 Å². The Balaban J connectivity index is 2.02. The molecule has 6 heteroatoms. The summed E-state index contributed by atoms with van der Waals surface area (Å²) in [5, 5.41) is 0. The highest BCUT2D eigenvalue weighted by atomic mass is 32.2. The highest BCUT2D eigenvalue weighted by molar-refractivity contribution is 7.89. The van der Waals surface area contributed by atoms with Crippen molar-refractivity contribution in [2.45, 2.75) is 31.6 Å². The molecule has 0 aliphatic carbocycles. The van der Waals surface area contributed by atoms with Crippen LogP contribution in [0.15, 0.2) is 41.4 Å². The fourth-order valence-electron chi connectivity index (χ4n) is 2.55. The lowest BCUT2D eigenvalue weighted by atomic mass is 10.1. The first kappa shape index (κ1) is 17.4. The summed E-state index contributed by atoms with van der Waals surface area (Å²) in [5.41, 5.74) is 2.32. The van der Waals surface area contributed by atoms with Crippen molar-refractivity contribution >= 4 is 10.0 Å². The molecule has 2 aromatic rings. The third kappa shape index (κ3) is 4.53. The molecule has 0 saturated heterocycles. The van der Waals surface area contributed by atoms with Crippen LogP contribution in [-0.4, -0.2) is 27.1 Å². The van der Waals surface area contributed by atoms with Crippen molar-refractivity contribution in [3.63, 3.8) is 0 Å². The third-order valence-electron chi connectivity index (χ3n) is 3.57. The Bertz CT molecular complexity index is 736. The van der Waals surface area contributed by atoms with Gasteiger partial charge in [0.2, 0.25) is 10.0 Å². The molecule has 0 fully saturated rings. The zero-order valence-electron chi connectivity index (χ0n) is 13.7. The van der Waals surface area contributed by atoms with Gasteiger partial charge in [-0.15, -0.1) is 0 Å². The second-order valence-corrected chi connectivity index (χ2v) is 7.12. The van der Waals surface area contributed by atoms with E-state index in [0.717, 1.165) is 12.1 Å². The lowest BCUT2D eigenvalue weighted by Gasteiger charge is -2.13. The third-order valence-corrected chi connectivity index (χ3v) is 5.33. The second kappa shape index (κ2) is 7.57. The molecule has 124 valence electrons. The van der Waals surface area contributed by atoms with Gasteiger partial charge in [-0.2, -0.15) is 0 Å².